The Hall–Kier alpha value is -2.61. The number of hydrogen-bond donors (Lipinski definition) is 2. The third kappa shape index (κ3) is 2.48. The largest absolute Gasteiger partial charge is 0.298 e. The Labute approximate surface area is 126 Å². The number of fused-ring (bicyclic) bond motifs is 1. The maximum absolute atomic E-state index is 12.4. The second-order valence-corrected chi connectivity index (χ2v) is 6.68. The van der Waals surface area contributed by atoms with Crippen molar-refractivity contribution in [2.24, 2.45) is 0 Å². The molecule has 0 saturated heterocycles. The molecule has 0 fully saturated rings. The number of aryl methyl sites for hydroxylation is 2. The van der Waals surface area contributed by atoms with Gasteiger partial charge in [-0.05, 0) is 32.0 Å². The van der Waals surface area contributed by atoms with Gasteiger partial charge in [0.25, 0.3) is 15.6 Å². The summed E-state index contributed by atoms with van der Waals surface area (Å²) >= 11 is 0. The molecule has 0 aliphatic rings. The van der Waals surface area contributed by atoms with Crippen LogP contribution in [0.25, 0.3) is 5.52 Å². The number of aromatic amines is 1. The molecule has 7 nitrogen and oxygen atoms in total. The van der Waals surface area contributed by atoms with Crippen LogP contribution in [-0.2, 0) is 10.0 Å². The Kier molecular flexibility index (Phi) is 3.25. The Morgan fingerprint density at radius 2 is 1.86 bits per heavy atom. The molecule has 0 unspecified atom stereocenters. The Morgan fingerprint density at radius 3 is 2.50 bits per heavy atom. The van der Waals surface area contributed by atoms with Crippen molar-refractivity contribution in [3.63, 3.8) is 0 Å². The Morgan fingerprint density at radius 1 is 1.18 bits per heavy atom. The second-order valence-electron chi connectivity index (χ2n) is 5.00. The van der Waals surface area contributed by atoms with Gasteiger partial charge in [-0.15, -0.1) is 0 Å². The van der Waals surface area contributed by atoms with Gasteiger partial charge < -0.3 is 0 Å². The molecule has 114 valence electrons. The third-order valence-electron chi connectivity index (χ3n) is 3.31. The first-order valence-electron chi connectivity index (χ1n) is 6.54. The van der Waals surface area contributed by atoms with Crippen molar-refractivity contribution in [3.05, 3.63) is 58.3 Å². The molecule has 2 heterocycles. The summed E-state index contributed by atoms with van der Waals surface area (Å²) in [7, 11) is -3.77. The maximum Gasteiger partial charge on any atom is 0.288 e. The van der Waals surface area contributed by atoms with E-state index in [1.54, 1.807) is 19.1 Å². The van der Waals surface area contributed by atoms with Gasteiger partial charge >= 0.3 is 0 Å². The fourth-order valence-corrected chi connectivity index (χ4v) is 3.18. The molecule has 0 bridgehead atoms. The van der Waals surface area contributed by atoms with Gasteiger partial charge in [-0.3, -0.25) is 13.9 Å². The number of sulfonamides is 1. The number of H-pyrrole nitrogens is 1. The van der Waals surface area contributed by atoms with Gasteiger partial charge in [-0.25, -0.2) is 13.5 Å². The monoisotopic (exact) mass is 318 g/mol. The number of rotatable bonds is 3. The summed E-state index contributed by atoms with van der Waals surface area (Å²) in [5.41, 5.74) is 1.29. The molecule has 2 N–H and O–H groups in total. The van der Waals surface area contributed by atoms with E-state index >= 15 is 0 Å². The lowest BCUT2D eigenvalue weighted by molar-refractivity contribution is 0.601. The van der Waals surface area contributed by atoms with Crippen LogP contribution in [0.1, 0.15) is 11.4 Å². The number of nitrogens with one attached hydrogen (secondary N) is 2. The molecule has 0 aliphatic heterocycles. The van der Waals surface area contributed by atoms with Crippen LogP contribution in [-0.4, -0.2) is 23.0 Å². The predicted molar refractivity (Wildman–Crippen MR) is 82.5 cm³/mol. The van der Waals surface area contributed by atoms with Crippen molar-refractivity contribution in [2.75, 3.05) is 4.72 Å². The highest BCUT2D eigenvalue weighted by Crippen LogP contribution is 2.18. The van der Waals surface area contributed by atoms with Crippen LogP contribution >= 0.6 is 0 Å². The van der Waals surface area contributed by atoms with Gasteiger partial charge in [0.05, 0.1) is 0 Å². The molecule has 0 aliphatic carbocycles. The summed E-state index contributed by atoms with van der Waals surface area (Å²) in [4.78, 5) is 11.7. The van der Waals surface area contributed by atoms with E-state index in [-0.39, 0.29) is 10.4 Å². The molecule has 0 radical (unpaired) electrons. The average molecular weight is 318 g/mol. The minimum absolute atomic E-state index is 0.00896. The Balaban J connectivity index is 2.06. The van der Waals surface area contributed by atoms with Crippen molar-refractivity contribution >= 4 is 21.2 Å². The highest BCUT2D eigenvalue weighted by Gasteiger charge is 2.18. The molecule has 1 aromatic carbocycles. The lowest BCUT2D eigenvalue weighted by Gasteiger charge is -2.06. The van der Waals surface area contributed by atoms with E-state index in [0.29, 0.717) is 11.5 Å². The molecule has 3 aromatic rings. The average Bonchev–Trinajstić information content (AvgIpc) is 2.93. The van der Waals surface area contributed by atoms with Crippen molar-refractivity contribution in [2.45, 2.75) is 18.7 Å². The first kappa shape index (κ1) is 14.3. The molecule has 0 saturated carbocycles. The molecular formula is C14H14N4O3S. The van der Waals surface area contributed by atoms with Crippen LogP contribution in [0, 0.1) is 13.8 Å². The van der Waals surface area contributed by atoms with E-state index in [9.17, 15) is 13.2 Å². The number of anilines is 1. The maximum atomic E-state index is 12.4. The van der Waals surface area contributed by atoms with Crippen LogP contribution in [0.4, 0.5) is 5.69 Å². The summed E-state index contributed by atoms with van der Waals surface area (Å²) < 4.78 is 28.8. The zero-order valence-electron chi connectivity index (χ0n) is 12.0. The van der Waals surface area contributed by atoms with E-state index in [1.807, 2.05) is 19.1 Å². The summed E-state index contributed by atoms with van der Waals surface area (Å²) in [5, 5.41) is 6.13. The predicted octanol–water partition coefficient (Wildman–Crippen LogP) is 1.44. The summed E-state index contributed by atoms with van der Waals surface area (Å²) in [6.07, 6.45) is 1.38. The first-order valence-corrected chi connectivity index (χ1v) is 8.02. The second kappa shape index (κ2) is 4.99. The van der Waals surface area contributed by atoms with E-state index in [2.05, 4.69) is 14.9 Å². The molecule has 0 amide bonds. The fraction of sp³-hybridized carbons (Fsp3) is 0.143. The normalized spacial score (nSPS) is 11.7. The third-order valence-corrected chi connectivity index (χ3v) is 4.66. The summed E-state index contributed by atoms with van der Waals surface area (Å²) in [6, 6.07) is 8.31. The van der Waals surface area contributed by atoms with Gasteiger partial charge in [0, 0.05) is 11.9 Å². The Bertz CT molecular complexity index is 1000. The van der Waals surface area contributed by atoms with Crippen LogP contribution in [0.2, 0.25) is 0 Å². The molecule has 22 heavy (non-hydrogen) atoms. The fourth-order valence-electron chi connectivity index (χ4n) is 2.11. The molecule has 3 rings (SSSR count). The molecule has 0 spiro atoms. The lowest BCUT2D eigenvalue weighted by atomic mass is 10.2. The molecule has 2 aromatic heterocycles. The number of benzene rings is 1. The van der Waals surface area contributed by atoms with E-state index < -0.39 is 15.6 Å². The standard InChI is InChI=1S/C14H14N4O3S/c1-9-3-5-11(6-4-9)17-22(20,21)12-7-13-14(19)16-15-10(2)18(13)8-12/h3-8,17H,1-2H3,(H,16,19). The van der Waals surface area contributed by atoms with E-state index in [4.69, 9.17) is 0 Å². The number of hydrogen-bond acceptors (Lipinski definition) is 4. The quantitative estimate of drug-likeness (QED) is 0.763. The van der Waals surface area contributed by atoms with Gasteiger partial charge in [0.2, 0.25) is 0 Å². The summed E-state index contributed by atoms with van der Waals surface area (Å²) in [6.45, 7) is 3.59. The van der Waals surface area contributed by atoms with Crippen molar-refractivity contribution in [3.8, 4) is 0 Å². The minimum atomic E-state index is -3.77. The first-order chi connectivity index (χ1) is 10.4. The van der Waals surface area contributed by atoms with Gasteiger partial charge in [-0.2, -0.15) is 5.10 Å². The highest BCUT2D eigenvalue weighted by molar-refractivity contribution is 7.92. The lowest BCUT2D eigenvalue weighted by Crippen LogP contribution is -2.12. The van der Waals surface area contributed by atoms with Crippen molar-refractivity contribution < 1.29 is 8.42 Å². The van der Waals surface area contributed by atoms with Crippen LogP contribution < -0.4 is 10.3 Å². The van der Waals surface area contributed by atoms with Crippen LogP contribution in [0.5, 0.6) is 0 Å². The smallest absolute Gasteiger partial charge is 0.288 e. The highest BCUT2D eigenvalue weighted by atomic mass is 32.2. The van der Waals surface area contributed by atoms with Crippen molar-refractivity contribution in [1.82, 2.24) is 14.6 Å². The van der Waals surface area contributed by atoms with Crippen LogP contribution in [0.3, 0.4) is 0 Å². The minimum Gasteiger partial charge on any atom is -0.298 e. The van der Waals surface area contributed by atoms with Crippen molar-refractivity contribution in [1.29, 1.82) is 0 Å². The van der Waals surface area contributed by atoms with E-state index in [0.717, 1.165) is 5.56 Å². The zero-order chi connectivity index (χ0) is 15.9. The topological polar surface area (TPSA) is 96.3 Å². The molecule has 0 atom stereocenters. The molecule has 8 heteroatoms. The van der Waals surface area contributed by atoms with Gasteiger partial charge in [0.15, 0.2) is 0 Å². The number of nitrogens with zero attached hydrogens (tertiary/aromatic N) is 2. The van der Waals surface area contributed by atoms with Gasteiger partial charge in [0.1, 0.15) is 16.2 Å². The SMILES string of the molecule is Cc1ccc(NS(=O)(=O)c2cc3c(=O)[nH]nc(C)n3c2)cc1. The number of aromatic nitrogens is 3. The van der Waals surface area contributed by atoms with Crippen LogP contribution in [0.15, 0.2) is 46.2 Å². The van der Waals surface area contributed by atoms with Gasteiger partial charge in [-0.1, -0.05) is 17.7 Å². The van der Waals surface area contributed by atoms with E-state index in [1.165, 1.54) is 16.7 Å². The summed E-state index contributed by atoms with van der Waals surface area (Å²) in [5.74, 6) is 0.492. The molecular weight excluding hydrogens is 304 g/mol. The zero-order valence-corrected chi connectivity index (χ0v) is 12.8.